The molecule has 3 heteroatoms. The lowest BCUT2D eigenvalue weighted by atomic mass is 9.67. The number of aliphatic hydroxyl groups excluding tert-OH is 1. The molecular formula is C9H16O3. The van der Waals surface area contributed by atoms with Crippen LogP contribution in [0, 0.1) is 5.41 Å². The van der Waals surface area contributed by atoms with E-state index in [9.17, 15) is 5.11 Å². The molecule has 3 atom stereocenters. The van der Waals surface area contributed by atoms with Gasteiger partial charge in [-0.3, -0.25) is 0 Å². The first-order valence-corrected chi connectivity index (χ1v) is 4.59. The molecule has 0 spiro atoms. The average Bonchev–Trinajstić information content (AvgIpc) is 2.60. The van der Waals surface area contributed by atoms with Crippen LogP contribution >= 0.6 is 0 Å². The van der Waals surface area contributed by atoms with Crippen LogP contribution in [-0.4, -0.2) is 30.2 Å². The van der Waals surface area contributed by atoms with Gasteiger partial charge in [0, 0.05) is 0 Å². The van der Waals surface area contributed by atoms with Crippen molar-refractivity contribution in [3.63, 3.8) is 0 Å². The van der Waals surface area contributed by atoms with Gasteiger partial charge in [-0.15, -0.1) is 0 Å². The van der Waals surface area contributed by atoms with Gasteiger partial charge in [0.25, 0.3) is 0 Å². The lowest BCUT2D eigenvalue weighted by Crippen LogP contribution is -2.64. The summed E-state index contributed by atoms with van der Waals surface area (Å²) in [6, 6.07) is 0. The fraction of sp³-hybridized carbons (Fsp3) is 1.00. The van der Waals surface area contributed by atoms with Gasteiger partial charge in [-0.2, -0.15) is 0 Å². The van der Waals surface area contributed by atoms with Crippen LogP contribution in [-0.2, 0) is 9.47 Å². The molecule has 2 unspecified atom stereocenters. The Morgan fingerprint density at radius 3 is 2.83 bits per heavy atom. The topological polar surface area (TPSA) is 38.7 Å². The summed E-state index contributed by atoms with van der Waals surface area (Å²) in [7, 11) is 0. The molecule has 3 fully saturated rings. The van der Waals surface area contributed by atoms with E-state index in [1.54, 1.807) is 0 Å². The van der Waals surface area contributed by atoms with E-state index < -0.39 is 0 Å². The minimum absolute atomic E-state index is 0.0521. The maximum absolute atomic E-state index is 9.22. The monoisotopic (exact) mass is 172 g/mol. The van der Waals surface area contributed by atoms with Gasteiger partial charge in [0.2, 0.25) is 0 Å². The first-order valence-electron chi connectivity index (χ1n) is 4.59. The summed E-state index contributed by atoms with van der Waals surface area (Å²) in [5.41, 5.74) is -0.329. The highest BCUT2D eigenvalue weighted by molar-refractivity contribution is 5.11. The molecule has 0 aliphatic carbocycles. The van der Waals surface area contributed by atoms with Crippen molar-refractivity contribution in [1.29, 1.82) is 0 Å². The second-order valence-corrected chi connectivity index (χ2v) is 4.08. The first-order chi connectivity index (χ1) is 5.68. The first kappa shape index (κ1) is 8.48. The van der Waals surface area contributed by atoms with E-state index in [1.165, 1.54) is 0 Å². The normalized spacial score (nSPS) is 50.8. The van der Waals surface area contributed by atoms with Crippen LogP contribution in [0.5, 0.6) is 0 Å². The molecule has 0 amide bonds. The van der Waals surface area contributed by atoms with Crippen molar-refractivity contribution in [2.24, 2.45) is 5.41 Å². The Balaban J connectivity index is 2.16. The third-order valence-corrected chi connectivity index (χ3v) is 3.39. The van der Waals surface area contributed by atoms with Crippen LogP contribution in [0.3, 0.4) is 0 Å². The van der Waals surface area contributed by atoms with Crippen molar-refractivity contribution in [2.75, 3.05) is 13.2 Å². The molecule has 0 aromatic rings. The van der Waals surface area contributed by atoms with E-state index in [-0.39, 0.29) is 23.9 Å². The molecule has 3 heterocycles. The van der Waals surface area contributed by atoms with Gasteiger partial charge < -0.3 is 14.6 Å². The second kappa shape index (κ2) is 2.44. The summed E-state index contributed by atoms with van der Waals surface area (Å²) >= 11 is 0. The van der Waals surface area contributed by atoms with E-state index in [2.05, 4.69) is 13.8 Å². The summed E-state index contributed by atoms with van der Waals surface area (Å²) in [6.45, 7) is 4.94. The second-order valence-electron chi connectivity index (χ2n) is 4.08. The zero-order valence-corrected chi connectivity index (χ0v) is 7.67. The Kier molecular flexibility index (Phi) is 1.72. The highest BCUT2D eigenvalue weighted by Crippen LogP contribution is 2.58. The summed E-state index contributed by atoms with van der Waals surface area (Å²) in [5.74, 6) is 0. The Morgan fingerprint density at radius 1 is 1.58 bits per heavy atom. The lowest BCUT2D eigenvalue weighted by Gasteiger charge is -2.52. The Hall–Kier alpha value is -0.120. The molecule has 2 bridgehead atoms. The molecule has 3 aliphatic heterocycles. The molecule has 3 rings (SSSR count). The summed E-state index contributed by atoms with van der Waals surface area (Å²) < 4.78 is 10.9. The number of hydrogen-bond donors (Lipinski definition) is 1. The maximum Gasteiger partial charge on any atom is 0.166 e. The third kappa shape index (κ3) is 0.721. The van der Waals surface area contributed by atoms with Gasteiger partial charge in [-0.1, -0.05) is 20.3 Å². The van der Waals surface area contributed by atoms with Gasteiger partial charge in [0.15, 0.2) is 6.29 Å². The highest BCUT2D eigenvalue weighted by atomic mass is 16.8. The van der Waals surface area contributed by atoms with Crippen LogP contribution in [0.2, 0.25) is 0 Å². The smallest absolute Gasteiger partial charge is 0.166 e. The fourth-order valence-electron chi connectivity index (χ4n) is 2.38. The van der Waals surface area contributed by atoms with Gasteiger partial charge in [-0.05, 0) is 6.42 Å². The van der Waals surface area contributed by atoms with Crippen LogP contribution in [0.1, 0.15) is 26.7 Å². The van der Waals surface area contributed by atoms with Gasteiger partial charge in [0.1, 0.15) is 5.60 Å². The number of aliphatic hydroxyl groups is 1. The van der Waals surface area contributed by atoms with Crippen molar-refractivity contribution in [1.82, 2.24) is 0 Å². The lowest BCUT2D eigenvalue weighted by molar-refractivity contribution is -0.313. The molecule has 1 N–H and O–H groups in total. The third-order valence-electron chi connectivity index (χ3n) is 3.39. The van der Waals surface area contributed by atoms with Crippen molar-refractivity contribution >= 4 is 0 Å². The largest absolute Gasteiger partial charge is 0.393 e. The molecule has 0 saturated carbocycles. The van der Waals surface area contributed by atoms with E-state index in [4.69, 9.17) is 9.47 Å². The van der Waals surface area contributed by atoms with Crippen LogP contribution in [0.15, 0.2) is 0 Å². The molecular weight excluding hydrogens is 156 g/mol. The predicted molar refractivity (Wildman–Crippen MR) is 43.7 cm³/mol. The van der Waals surface area contributed by atoms with Crippen molar-refractivity contribution in [3.05, 3.63) is 0 Å². The van der Waals surface area contributed by atoms with E-state index >= 15 is 0 Å². The fourth-order valence-corrected chi connectivity index (χ4v) is 2.38. The molecule has 3 nitrogen and oxygen atoms in total. The van der Waals surface area contributed by atoms with Crippen LogP contribution < -0.4 is 0 Å². The number of fused-ring (bicyclic) bond motifs is 1. The van der Waals surface area contributed by atoms with Gasteiger partial charge in [0.05, 0.1) is 18.6 Å². The quantitative estimate of drug-likeness (QED) is 0.687. The predicted octanol–water partition coefficient (Wildman–Crippen LogP) is 0.910. The van der Waals surface area contributed by atoms with Gasteiger partial charge in [-0.25, -0.2) is 0 Å². The number of ether oxygens (including phenoxy) is 2. The molecule has 0 radical (unpaired) electrons. The van der Waals surface area contributed by atoms with Crippen molar-refractivity contribution in [2.45, 2.75) is 38.6 Å². The minimum Gasteiger partial charge on any atom is -0.393 e. The zero-order chi connectivity index (χ0) is 8.82. The number of hydrogen-bond acceptors (Lipinski definition) is 3. The van der Waals surface area contributed by atoms with E-state index in [0.717, 1.165) is 12.8 Å². The number of rotatable bonds is 3. The Bertz CT molecular complexity index is 190. The standard InChI is InChI=1S/C9H16O3/c1-3-4-8(2)7-11-6-9(8,5-10)12-7/h7,10H,3-6H2,1-2H3/t7-,8?,9?/m0/s1. The van der Waals surface area contributed by atoms with Crippen molar-refractivity contribution in [3.8, 4) is 0 Å². The summed E-state index contributed by atoms with van der Waals surface area (Å²) in [4.78, 5) is 0. The highest BCUT2D eigenvalue weighted by Gasteiger charge is 2.70. The SMILES string of the molecule is CCCC1(C)[C@H]2OCC1(CO)O2. The van der Waals surface area contributed by atoms with Crippen LogP contribution in [0.25, 0.3) is 0 Å². The Labute approximate surface area is 72.7 Å². The zero-order valence-electron chi connectivity index (χ0n) is 7.67. The summed E-state index contributed by atoms with van der Waals surface area (Å²) in [5, 5.41) is 9.22. The van der Waals surface area contributed by atoms with E-state index in [0.29, 0.717) is 6.61 Å². The minimum atomic E-state index is -0.381. The Morgan fingerprint density at radius 2 is 2.33 bits per heavy atom. The molecule has 70 valence electrons. The van der Waals surface area contributed by atoms with E-state index in [1.807, 2.05) is 0 Å². The maximum atomic E-state index is 9.22. The molecule has 12 heavy (non-hydrogen) atoms. The van der Waals surface area contributed by atoms with Crippen LogP contribution in [0.4, 0.5) is 0 Å². The molecule has 0 aromatic heterocycles. The summed E-state index contributed by atoms with van der Waals surface area (Å²) in [6.07, 6.45) is 2.12. The molecule has 3 saturated heterocycles. The van der Waals surface area contributed by atoms with Gasteiger partial charge >= 0.3 is 0 Å². The van der Waals surface area contributed by atoms with Crippen molar-refractivity contribution < 1.29 is 14.6 Å². The average molecular weight is 172 g/mol. The molecule has 3 aliphatic rings. The molecule has 0 aromatic carbocycles.